The molecule has 0 aliphatic carbocycles. The van der Waals surface area contributed by atoms with Gasteiger partial charge in [-0.1, -0.05) is 26.7 Å². The molecule has 1 aromatic heterocycles. The molecule has 0 aromatic carbocycles. The quantitative estimate of drug-likeness (QED) is 0.674. The number of nitrogens with zero attached hydrogens (tertiary/aromatic N) is 2. The fourth-order valence-electron chi connectivity index (χ4n) is 1.51. The van der Waals surface area contributed by atoms with Gasteiger partial charge in [-0.2, -0.15) is 5.10 Å². The van der Waals surface area contributed by atoms with Crippen LogP contribution < -0.4 is 5.32 Å². The molecule has 0 fully saturated rings. The molecule has 0 saturated heterocycles. The molecule has 0 saturated carbocycles. The zero-order valence-electron chi connectivity index (χ0n) is 9.24. The lowest BCUT2D eigenvalue weighted by molar-refractivity contribution is 0.436. The Kier molecular flexibility index (Phi) is 5.30. The van der Waals surface area contributed by atoms with Crippen molar-refractivity contribution in [2.24, 2.45) is 5.92 Å². The molecule has 1 rings (SSSR count). The largest absolute Gasteiger partial charge is 0.315 e. The SMILES string of the molecule is CCC(CC)CNCCn1cccn1. The van der Waals surface area contributed by atoms with E-state index in [0.717, 1.165) is 25.6 Å². The first-order valence-electron chi connectivity index (χ1n) is 5.55. The second kappa shape index (κ2) is 6.60. The highest BCUT2D eigenvalue weighted by atomic mass is 15.3. The van der Waals surface area contributed by atoms with Gasteiger partial charge in [0.15, 0.2) is 0 Å². The summed E-state index contributed by atoms with van der Waals surface area (Å²) in [6.45, 7) is 7.62. The van der Waals surface area contributed by atoms with Gasteiger partial charge in [-0.15, -0.1) is 0 Å². The van der Waals surface area contributed by atoms with Gasteiger partial charge in [0.25, 0.3) is 0 Å². The van der Waals surface area contributed by atoms with Crippen LogP contribution in [0.2, 0.25) is 0 Å². The molecule has 80 valence electrons. The summed E-state index contributed by atoms with van der Waals surface area (Å²) >= 11 is 0. The number of hydrogen-bond donors (Lipinski definition) is 1. The Labute approximate surface area is 86.5 Å². The Bertz CT molecular complexity index is 214. The Morgan fingerprint density at radius 2 is 2.14 bits per heavy atom. The molecule has 1 heterocycles. The molecule has 3 heteroatoms. The van der Waals surface area contributed by atoms with E-state index in [-0.39, 0.29) is 0 Å². The zero-order chi connectivity index (χ0) is 10.2. The van der Waals surface area contributed by atoms with Gasteiger partial charge in [-0.05, 0) is 18.5 Å². The van der Waals surface area contributed by atoms with Crippen molar-refractivity contribution in [3.8, 4) is 0 Å². The lowest BCUT2D eigenvalue weighted by Gasteiger charge is -2.12. The van der Waals surface area contributed by atoms with Gasteiger partial charge in [-0.3, -0.25) is 4.68 Å². The number of rotatable bonds is 7. The number of aromatic nitrogens is 2. The minimum absolute atomic E-state index is 0.827. The maximum Gasteiger partial charge on any atom is 0.0533 e. The van der Waals surface area contributed by atoms with Crippen molar-refractivity contribution in [2.45, 2.75) is 33.2 Å². The van der Waals surface area contributed by atoms with Gasteiger partial charge < -0.3 is 5.32 Å². The van der Waals surface area contributed by atoms with Crippen LogP contribution in [-0.4, -0.2) is 22.9 Å². The molecule has 0 atom stereocenters. The van der Waals surface area contributed by atoms with Crippen LogP contribution in [0.3, 0.4) is 0 Å². The first-order chi connectivity index (χ1) is 6.86. The van der Waals surface area contributed by atoms with Crippen molar-refractivity contribution >= 4 is 0 Å². The van der Waals surface area contributed by atoms with Gasteiger partial charge in [-0.25, -0.2) is 0 Å². The van der Waals surface area contributed by atoms with Crippen LogP contribution in [0.25, 0.3) is 0 Å². The van der Waals surface area contributed by atoms with Gasteiger partial charge in [0.2, 0.25) is 0 Å². The van der Waals surface area contributed by atoms with Crippen molar-refractivity contribution in [1.82, 2.24) is 15.1 Å². The van der Waals surface area contributed by atoms with E-state index in [1.165, 1.54) is 12.8 Å². The smallest absolute Gasteiger partial charge is 0.0533 e. The summed E-state index contributed by atoms with van der Waals surface area (Å²) < 4.78 is 1.96. The molecule has 14 heavy (non-hydrogen) atoms. The fraction of sp³-hybridized carbons (Fsp3) is 0.727. The molecule has 1 aromatic rings. The molecule has 0 spiro atoms. The van der Waals surface area contributed by atoms with Gasteiger partial charge >= 0.3 is 0 Å². The van der Waals surface area contributed by atoms with Gasteiger partial charge in [0.1, 0.15) is 0 Å². The van der Waals surface area contributed by atoms with Crippen molar-refractivity contribution in [3.05, 3.63) is 18.5 Å². The summed E-state index contributed by atoms with van der Waals surface area (Å²) in [4.78, 5) is 0. The minimum Gasteiger partial charge on any atom is -0.315 e. The number of hydrogen-bond acceptors (Lipinski definition) is 2. The summed E-state index contributed by atoms with van der Waals surface area (Å²) in [6.07, 6.45) is 6.36. The summed E-state index contributed by atoms with van der Waals surface area (Å²) in [7, 11) is 0. The van der Waals surface area contributed by atoms with Crippen LogP contribution in [0.4, 0.5) is 0 Å². The van der Waals surface area contributed by atoms with Crippen LogP contribution in [0, 0.1) is 5.92 Å². The van der Waals surface area contributed by atoms with E-state index in [4.69, 9.17) is 0 Å². The standard InChI is InChI=1S/C11H21N3/c1-3-11(4-2)10-12-7-9-14-8-5-6-13-14/h5-6,8,11-12H,3-4,7,9-10H2,1-2H3. The van der Waals surface area contributed by atoms with E-state index >= 15 is 0 Å². The van der Waals surface area contributed by atoms with E-state index in [1.54, 1.807) is 0 Å². The Hall–Kier alpha value is -0.830. The van der Waals surface area contributed by atoms with Crippen LogP contribution in [0.5, 0.6) is 0 Å². The molecule has 0 radical (unpaired) electrons. The normalized spacial score (nSPS) is 11.1. The summed E-state index contributed by atoms with van der Waals surface area (Å²) in [6, 6.07) is 1.96. The van der Waals surface area contributed by atoms with Crippen LogP contribution in [0.1, 0.15) is 26.7 Å². The molecule has 0 unspecified atom stereocenters. The molecule has 0 bridgehead atoms. The zero-order valence-corrected chi connectivity index (χ0v) is 9.24. The summed E-state index contributed by atoms with van der Waals surface area (Å²) in [5.41, 5.74) is 0. The average molecular weight is 195 g/mol. The Morgan fingerprint density at radius 3 is 2.71 bits per heavy atom. The maximum absolute atomic E-state index is 4.15. The molecular formula is C11H21N3. The lowest BCUT2D eigenvalue weighted by atomic mass is 10.0. The van der Waals surface area contributed by atoms with Crippen molar-refractivity contribution in [1.29, 1.82) is 0 Å². The van der Waals surface area contributed by atoms with Crippen molar-refractivity contribution < 1.29 is 0 Å². The maximum atomic E-state index is 4.15. The molecule has 1 N–H and O–H groups in total. The van der Waals surface area contributed by atoms with Gasteiger partial charge in [0.05, 0.1) is 6.54 Å². The van der Waals surface area contributed by atoms with E-state index in [9.17, 15) is 0 Å². The summed E-state index contributed by atoms with van der Waals surface area (Å²) in [5, 5.41) is 7.61. The Morgan fingerprint density at radius 1 is 1.36 bits per heavy atom. The Balaban J connectivity index is 2.04. The minimum atomic E-state index is 0.827. The third-order valence-corrected chi connectivity index (χ3v) is 2.66. The summed E-state index contributed by atoms with van der Waals surface area (Å²) in [5.74, 6) is 0.827. The third kappa shape index (κ3) is 3.92. The molecule has 0 aliphatic rings. The second-order valence-corrected chi connectivity index (χ2v) is 3.66. The highest BCUT2D eigenvalue weighted by Crippen LogP contribution is 2.04. The highest BCUT2D eigenvalue weighted by molar-refractivity contribution is 4.77. The molecule has 3 nitrogen and oxygen atoms in total. The third-order valence-electron chi connectivity index (χ3n) is 2.66. The van der Waals surface area contributed by atoms with Gasteiger partial charge in [0, 0.05) is 18.9 Å². The van der Waals surface area contributed by atoms with E-state index < -0.39 is 0 Å². The average Bonchev–Trinajstić information content (AvgIpc) is 2.71. The van der Waals surface area contributed by atoms with E-state index in [0.29, 0.717) is 0 Å². The number of nitrogens with one attached hydrogen (secondary N) is 1. The lowest BCUT2D eigenvalue weighted by Crippen LogP contribution is -2.26. The predicted molar refractivity (Wildman–Crippen MR) is 59.2 cm³/mol. The van der Waals surface area contributed by atoms with Crippen LogP contribution in [-0.2, 0) is 6.54 Å². The van der Waals surface area contributed by atoms with Crippen LogP contribution >= 0.6 is 0 Å². The van der Waals surface area contributed by atoms with Crippen molar-refractivity contribution in [2.75, 3.05) is 13.1 Å². The first kappa shape index (κ1) is 11.2. The fourth-order valence-corrected chi connectivity index (χ4v) is 1.51. The van der Waals surface area contributed by atoms with E-state index in [2.05, 4.69) is 24.3 Å². The molecule has 0 amide bonds. The van der Waals surface area contributed by atoms with Crippen molar-refractivity contribution in [3.63, 3.8) is 0 Å². The predicted octanol–water partition coefficient (Wildman–Crippen LogP) is 1.91. The molecule has 0 aliphatic heterocycles. The van der Waals surface area contributed by atoms with E-state index in [1.807, 2.05) is 23.1 Å². The molecular weight excluding hydrogens is 174 g/mol. The van der Waals surface area contributed by atoms with Crippen LogP contribution in [0.15, 0.2) is 18.5 Å². The monoisotopic (exact) mass is 195 g/mol. The topological polar surface area (TPSA) is 29.9 Å². The second-order valence-electron chi connectivity index (χ2n) is 3.66. The first-order valence-corrected chi connectivity index (χ1v) is 5.55. The highest BCUT2D eigenvalue weighted by Gasteiger charge is 2.01.